The van der Waals surface area contributed by atoms with Crippen LogP contribution >= 0.6 is 0 Å². The lowest BCUT2D eigenvalue weighted by Gasteiger charge is -2.37. The number of benzene rings is 1. The van der Waals surface area contributed by atoms with Gasteiger partial charge in [0.05, 0.1) is 0 Å². The Morgan fingerprint density at radius 1 is 1.40 bits per heavy atom. The highest BCUT2D eigenvalue weighted by Crippen LogP contribution is 2.43. The van der Waals surface area contributed by atoms with Gasteiger partial charge in [-0.15, -0.1) is 0 Å². The Bertz CT molecular complexity index is 406. The fraction of sp³-hybridized carbons (Fsp3) is 0.231. The van der Waals surface area contributed by atoms with Gasteiger partial charge in [-0.2, -0.15) is 0 Å². The Morgan fingerprint density at radius 2 is 2.00 bits per heavy atom. The highest BCUT2D eigenvalue weighted by Gasteiger charge is 2.39. The van der Waals surface area contributed by atoms with E-state index in [4.69, 9.17) is 5.26 Å². The molecule has 2 nitrogen and oxygen atoms in total. The molecule has 78 valence electrons. The van der Waals surface area contributed by atoms with E-state index in [2.05, 4.69) is 11.5 Å². The van der Waals surface area contributed by atoms with Crippen LogP contribution in [0.25, 0.3) is 5.57 Å². The van der Waals surface area contributed by atoms with Crippen molar-refractivity contribution in [3.05, 3.63) is 54.1 Å². The van der Waals surface area contributed by atoms with Crippen molar-refractivity contribution in [1.82, 2.24) is 0 Å². The SMILES string of the molecule is C=C(C)C1(OO)C=C(c2ccccc2)C1. The van der Waals surface area contributed by atoms with Gasteiger partial charge in [0.1, 0.15) is 5.60 Å². The minimum atomic E-state index is -0.662. The van der Waals surface area contributed by atoms with Crippen LogP contribution in [0.4, 0.5) is 0 Å². The summed E-state index contributed by atoms with van der Waals surface area (Å²) in [6.45, 7) is 5.67. The van der Waals surface area contributed by atoms with Crippen molar-refractivity contribution in [2.24, 2.45) is 0 Å². The topological polar surface area (TPSA) is 29.5 Å². The minimum Gasteiger partial charge on any atom is -0.251 e. The van der Waals surface area contributed by atoms with Crippen LogP contribution in [0.15, 0.2) is 48.6 Å². The zero-order chi connectivity index (χ0) is 10.9. The van der Waals surface area contributed by atoms with Crippen molar-refractivity contribution < 1.29 is 10.1 Å². The average Bonchev–Trinajstić information content (AvgIpc) is 2.18. The van der Waals surface area contributed by atoms with Crippen LogP contribution in [0.1, 0.15) is 18.9 Å². The van der Waals surface area contributed by atoms with Crippen molar-refractivity contribution in [1.29, 1.82) is 0 Å². The van der Waals surface area contributed by atoms with Gasteiger partial charge in [-0.3, -0.25) is 5.26 Å². The smallest absolute Gasteiger partial charge is 0.146 e. The molecular weight excluding hydrogens is 188 g/mol. The maximum absolute atomic E-state index is 8.87. The van der Waals surface area contributed by atoms with E-state index < -0.39 is 5.60 Å². The fourth-order valence-electron chi connectivity index (χ4n) is 1.78. The minimum absolute atomic E-state index is 0.662. The second kappa shape index (κ2) is 3.65. The van der Waals surface area contributed by atoms with E-state index in [1.807, 2.05) is 43.3 Å². The Morgan fingerprint density at radius 3 is 2.47 bits per heavy atom. The molecule has 1 aromatic rings. The molecule has 0 fully saturated rings. The van der Waals surface area contributed by atoms with Crippen LogP contribution in [-0.4, -0.2) is 10.9 Å². The van der Waals surface area contributed by atoms with Gasteiger partial charge in [-0.05, 0) is 29.7 Å². The summed E-state index contributed by atoms with van der Waals surface area (Å²) >= 11 is 0. The van der Waals surface area contributed by atoms with E-state index in [0.29, 0.717) is 6.42 Å². The van der Waals surface area contributed by atoms with Gasteiger partial charge in [-0.25, -0.2) is 4.89 Å². The molecule has 1 aliphatic rings. The van der Waals surface area contributed by atoms with Crippen molar-refractivity contribution in [3.63, 3.8) is 0 Å². The zero-order valence-electron chi connectivity index (χ0n) is 8.73. The number of hydrogen-bond donors (Lipinski definition) is 1. The van der Waals surface area contributed by atoms with Crippen molar-refractivity contribution >= 4 is 5.57 Å². The van der Waals surface area contributed by atoms with E-state index in [-0.39, 0.29) is 0 Å². The zero-order valence-corrected chi connectivity index (χ0v) is 8.73. The largest absolute Gasteiger partial charge is 0.251 e. The third kappa shape index (κ3) is 1.62. The second-order valence-corrected chi connectivity index (χ2v) is 3.97. The fourth-order valence-corrected chi connectivity index (χ4v) is 1.78. The lowest BCUT2D eigenvalue weighted by Crippen LogP contribution is -2.37. The normalized spacial score (nSPS) is 24.3. The van der Waals surface area contributed by atoms with Crippen LogP contribution < -0.4 is 0 Å². The molecule has 1 aliphatic carbocycles. The van der Waals surface area contributed by atoms with E-state index in [9.17, 15) is 0 Å². The van der Waals surface area contributed by atoms with Crippen LogP contribution in [-0.2, 0) is 4.89 Å². The first-order valence-corrected chi connectivity index (χ1v) is 4.94. The number of rotatable bonds is 3. The Labute approximate surface area is 89.4 Å². The Hall–Kier alpha value is -1.38. The molecule has 2 heteroatoms. The molecule has 2 rings (SSSR count). The molecule has 0 aromatic heterocycles. The summed E-state index contributed by atoms with van der Waals surface area (Å²) in [5.41, 5.74) is 2.52. The van der Waals surface area contributed by atoms with Gasteiger partial charge in [0.2, 0.25) is 0 Å². The van der Waals surface area contributed by atoms with Crippen LogP contribution in [0.2, 0.25) is 0 Å². The monoisotopic (exact) mass is 202 g/mol. The van der Waals surface area contributed by atoms with Crippen molar-refractivity contribution in [2.45, 2.75) is 18.9 Å². The molecule has 1 aromatic carbocycles. The summed E-state index contributed by atoms with van der Waals surface area (Å²) in [7, 11) is 0. The summed E-state index contributed by atoms with van der Waals surface area (Å²) in [5, 5.41) is 8.87. The lowest BCUT2D eigenvalue weighted by molar-refractivity contribution is -0.298. The summed E-state index contributed by atoms with van der Waals surface area (Å²) in [6, 6.07) is 10.1. The first-order chi connectivity index (χ1) is 7.18. The highest BCUT2D eigenvalue weighted by atomic mass is 17.1. The lowest BCUT2D eigenvalue weighted by atomic mass is 9.75. The third-order valence-electron chi connectivity index (χ3n) is 2.89. The van der Waals surface area contributed by atoms with E-state index >= 15 is 0 Å². The van der Waals surface area contributed by atoms with Crippen LogP contribution in [0.3, 0.4) is 0 Å². The van der Waals surface area contributed by atoms with E-state index in [1.165, 1.54) is 11.1 Å². The predicted octanol–water partition coefficient (Wildman–Crippen LogP) is 3.28. The summed E-state index contributed by atoms with van der Waals surface area (Å²) in [6.07, 6.45) is 2.60. The average molecular weight is 202 g/mol. The molecule has 0 saturated carbocycles. The summed E-state index contributed by atoms with van der Waals surface area (Å²) in [4.78, 5) is 4.51. The highest BCUT2D eigenvalue weighted by molar-refractivity contribution is 5.75. The maximum Gasteiger partial charge on any atom is 0.146 e. The van der Waals surface area contributed by atoms with Gasteiger partial charge < -0.3 is 0 Å². The van der Waals surface area contributed by atoms with E-state index in [1.54, 1.807) is 0 Å². The van der Waals surface area contributed by atoms with Gasteiger partial charge in [0.25, 0.3) is 0 Å². The Kier molecular flexibility index (Phi) is 2.47. The molecular formula is C13H14O2. The molecule has 0 radical (unpaired) electrons. The molecule has 1 atom stereocenters. The van der Waals surface area contributed by atoms with Crippen LogP contribution in [0, 0.1) is 0 Å². The van der Waals surface area contributed by atoms with Crippen molar-refractivity contribution in [3.8, 4) is 0 Å². The number of hydrogen-bond acceptors (Lipinski definition) is 2. The molecule has 0 saturated heterocycles. The second-order valence-electron chi connectivity index (χ2n) is 3.97. The standard InChI is InChI=1S/C13H14O2/c1-10(2)13(15-14)8-12(9-13)11-6-4-3-5-7-11/h3-8,14H,1,9H2,2H3. The predicted molar refractivity (Wildman–Crippen MR) is 60.3 cm³/mol. The quantitative estimate of drug-likeness (QED) is 0.463. The molecule has 0 amide bonds. The van der Waals surface area contributed by atoms with Gasteiger partial charge in [-0.1, -0.05) is 36.9 Å². The van der Waals surface area contributed by atoms with Gasteiger partial charge in [0.15, 0.2) is 0 Å². The summed E-state index contributed by atoms with van der Waals surface area (Å²) < 4.78 is 0. The summed E-state index contributed by atoms with van der Waals surface area (Å²) in [5.74, 6) is 0. The van der Waals surface area contributed by atoms with Crippen LogP contribution in [0.5, 0.6) is 0 Å². The third-order valence-corrected chi connectivity index (χ3v) is 2.89. The molecule has 0 aliphatic heterocycles. The first-order valence-electron chi connectivity index (χ1n) is 4.94. The van der Waals surface area contributed by atoms with Crippen molar-refractivity contribution in [2.75, 3.05) is 0 Å². The molecule has 0 bridgehead atoms. The van der Waals surface area contributed by atoms with Gasteiger partial charge >= 0.3 is 0 Å². The molecule has 15 heavy (non-hydrogen) atoms. The first kappa shape index (κ1) is 10.1. The van der Waals surface area contributed by atoms with Gasteiger partial charge in [0, 0.05) is 6.42 Å². The Balaban J connectivity index is 2.25. The maximum atomic E-state index is 8.87. The molecule has 0 heterocycles. The molecule has 0 spiro atoms. The van der Waals surface area contributed by atoms with E-state index in [0.717, 1.165) is 5.57 Å². The molecule has 1 unspecified atom stereocenters. The molecule has 1 N–H and O–H groups in total.